The van der Waals surface area contributed by atoms with Crippen LogP contribution in [-0.4, -0.2) is 104 Å². The Morgan fingerprint density at radius 2 is 1.57 bits per heavy atom. The average Bonchev–Trinajstić information content (AvgIpc) is 3.08. The molecule has 1 aromatic heterocycles. The molecule has 5 rings (SSSR count). The van der Waals surface area contributed by atoms with E-state index in [0.29, 0.717) is 57.1 Å². The summed E-state index contributed by atoms with van der Waals surface area (Å²) in [6, 6.07) is 9.10. The molecule has 266 valence electrons. The molecule has 1 N–H and O–H groups in total. The lowest BCUT2D eigenvalue weighted by molar-refractivity contribution is -0.137. The van der Waals surface area contributed by atoms with Gasteiger partial charge in [-0.15, -0.1) is 0 Å². The highest BCUT2D eigenvalue weighted by atomic mass is 19.4. The van der Waals surface area contributed by atoms with Gasteiger partial charge < -0.3 is 29.5 Å². The number of piperazine rings is 1. The first kappa shape index (κ1) is 36.2. The maximum atomic E-state index is 13.4. The van der Waals surface area contributed by atoms with Crippen LogP contribution in [0.25, 0.3) is 0 Å². The third kappa shape index (κ3) is 9.98. The lowest BCUT2D eigenvalue weighted by Crippen LogP contribution is -2.48. The minimum atomic E-state index is -4.61. The van der Waals surface area contributed by atoms with Crippen LogP contribution >= 0.6 is 0 Å². The van der Waals surface area contributed by atoms with Crippen molar-refractivity contribution in [1.82, 2.24) is 14.8 Å². The topological polar surface area (TPSA) is 114 Å². The maximum Gasteiger partial charge on any atom is 0.417 e. The number of nitrogens with one attached hydrogen (secondary N) is 1. The lowest BCUT2D eigenvalue weighted by atomic mass is 9.95. The molecule has 14 heteroatoms. The molecule has 3 aliphatic rings. The lowest BCUT2D eigenvalue weighted by Gasteiger charge is -2.36. The molecular weight excluding hydrogens is 639 g/mol. The molecule has 0 saturated carbocycles. The number of halogens is 3. The zero-order valence-corrected chi connectivity index (χ0v) is 28.5. The Morgan fingerprint density at radius 1 is 0.918 bits per heavy atom. The third-order valence-corrected chi connectivity index (χ3v) is 9.25. The molecule has 3 fully saturated rings. The van der Waals surface area contributed by atoms with Crippen LogP contribution in [0.4, 0.5) is 35.2 Å². The van der Waals surface area contributed by atoms with Gasteiger partial charge in [0.05, 0.1) is 41.8 Å². The van der Waals surface area contributed by atoms with Crippen molar-refractivity contribution in [2.45, 2.75) is 64.3 Å². The zero-order valence-electron chi connectivity index (χ0n) is 28.5. The number of pyridine rings is 1. The second-order valence-electron chi connectivity index (χ2n) is 13.9. The Kier molecular flexibility index (Phi) is 11.5. The summed E-state index contributed by atoms with van der Waals surface area (Å²) in [6.45, 7) is 12.8. The number of nitriles is 1. The summed E-state index contributed by atoms with van der Waals surface area (Å²) >= 11 is 0. The van der Waals surface area contributed by atoms with Crippen molar-refractivity contribution in [3.8, 4) is 6.07 Å². The largest absolute Gasteiger partial charge is 0.444 e. The molecule has 3 aliphatic heterocycles. The van der Waals surface area contributed by atoms with Crippen LogP contribution in [0, 0.1) is 17.2 Å². The molecule has 1 aromatic carbocycles. The number of aromatic nitrogens is 1. The van der Waals surface area contributed by atoms with Gasteiger partial charge in [-0.1, -0.05) is 0 Å². The van der Waals surface area contributed by atoms with Crippen molar-refractivity contribution in [2.24, 2.45) is 5.92 Å². The van der Waals surface area contributed by atoms with E-state index in [0.717, 1.165) is 57.3 Å². The number of rotatable bonds is 8. The second-order valence-corrected chi connectivity index (χ2v) is 13.9. The zero-order chi connectivity index (χ0) is 35.2. The predicted molar refractivity (Wildman–Crippen MR) is 179 cm³/mol. The van der Waals surface area contributed by atoms with Gasteiger partial charge in [-0.05, 0) is 76.8 Å². The van der Waals surface area contributed by atoms with Gasteiger partial charge in [-0.3, -0.25) is 9.69 Å². The summed E-state index contributed by atoms with van der Waals surface area (Å²) < 4.78 is 51.8. The quantitative estimate of drug-likeness (QED) is 0.392. The van der Waals surface area contributed by atoms with Crippen LogP contribution < -0.4 is 15.1 Å². The van der Waals surface area contributed by atoms with E-state index in [-0.39, 0.29) is 24.0 Å². The van der Waals surface area contributed by atoms with Crippen molar-refractivity contribution >= 4 is 29.2 Å². The van der Waals surface area contributed by atoms with Gasteiger partial charge in [-0.25, -0.2) is 9.78 Å². The van der Waals surface area contributed by atoms with Gasteiger partial charge >= 0.3 is 12.3 Å². The molecule has 4 heterocycles. The number of ether oxygens (including phenoxy) is 2. The number of anilines is 3. The van der Waals surface area contributed by atoms with Crippen LogP contribution in [0.5, 0.6) is 0 Å². The van der Waals surface area contributed by atoms with E-state index in [9.17, 15) is 22.8 Å². The fraction of sp³-hybridized carbons (Fsp3) is 0.600. The van der Waals surface area contributed by atoms with E-state index in [1.54, 1.807) is 23.2 Å². The number of carbonyl (C=O) groups excluding carboxylic acids is 2. The molecular formula is C35H46F3N7O4. The number of benzene rings is 1. The molecule has 0 radical (unpaired) electrons. The Balaban J connectivity index is 0.990. The van der Waals surface area contributed by atoms with Gasteiger partial charge in [-0.2, -0.15) is 18.4 Å². The highest BCUT2D eigenvalue weighted by Gasteiger charge is 2.35. The van der Waals surface area contributed by atoms with Gasteiger partial charge in [0.25, 0.3) is 0 Å². The number of alkyl halides is 3. The number of amides is 2. The normalized spacial score (nSPS) is 18.7. The molecule has 0 aliphatic carbocycles. The van der Waals surface area contributed by atoms with Crippen LogP contribution in [0.1, 0.15) is 57.6 Å². The number of hydrogen-bond donors (Lipinski definition) is 1. The van der Waals surface area contributed by atoms with Crippen LogP contribution in [0.15, 0.2) is 36.5 Å². The Labute approximate surface area is 285 Å². The molecule has 0 bridgehead atoms. The molecule has 0 spiro atoms. The van der Waals surface area contributed by atoms with Crippen LogP contribution in [0.3, 0.4) is 0 Å². The first-order valence-electron chi connectivity index (χ1n) is 17.0. The average molecular weight is 686 g/mol. The Hall–Kier alpha value is -4.09. The number of likely N-dealkylation sites (tertiary alicyclic amines) is 1. The monoisotopic (exact) mass is 685 g/mol. The summed E-state index contributed by atoms with van der Waals surface area (Å²) in [5.74, 6) is 0.0335. The number of piperidine rings is 2. The van der Waals surface area contributed by atoms with E-state index in [1.165, 1.54) is 12.1 Å². The molecule has 11 nitrogen and oxygen atoms in total. The Morgan fingerprint density at radius 3 is 2.16 bits per heavy atom. The van der Waals surface area contributed by atoms with E-state index < -0.39 is 22.9 Å². The fourth-order valence-corrected chi connectivity index (χ4v) is 6.45. The van der Waals surface area contributed by atoms with Gasteiger partial charge in [0.15, 0.2) is 0 Å². The van der Waals surface area contributed by atoms with Crippen molar-refractivity contribution in [3.63, 3.8) is 0 Å². The van der Waals surface area contributed by atoms with E-state index in [2.05, 4.69) is 20.1 Å². The summed E-state index contributed by atoms with van der Waals surface area (Å²) in [6.07, 6.45) is -0.341. The smallest absolute Gasteiger partial charge is 0.417 e. The van der Waals surface area contributed by atoms with Crippen LogP contribution in [0.2, 0.25) is 0 Å². The van der Waals surface area contributed by atoms with E-state index in [4.69, 9.17) is 14.7 Å². The summed E-state index contributed by atoms with van der Waals surface area (Å²) in [4.78, 5) is 38.0. The molecule has 2 amide bonds. The summed E-state index contributed by atoms with van der Waals surface area (Å²) in [5, 5.41) is 12.0. The second kappa shape index (κ2) is 15.6. The minimum absolute atomic E-state index is 0.153. The first-order valence-corrected chi connectivity index (χ1v) is 17.0. The predicted octanol–water partition coefficient (Wildman–Crippen LogP) is 5.37. The first-order chi connectivity index (χ1) is 23.3. The third-order valence-electron chi connectivity index (χ3n) is 9.25. The molecule has 49 heavy (non-hydrogen) atoms. The van der Waals surface area contributed by atoms with Crippen molar-refractivity contribution in [1.29, 1.82) is 5.26 Å². The van der Waals surface area contributed by atoms with Gasteiger partial charge in [0, 0.05) is 70.5 Å². The highest BCUT2D eigenvalue weighted by Crippen LogP contribution is 2.35. The molecule has 3 saturated heterocycles. The Bertz CT molecular complexity index is 1470. The van der Waals surface area contributed by atoms with E-state index >= 15 is 0 Å². The molecule has 0 atom stereocenters. The standard InChI is InChI=1S/C35H46F3N7O4/c1-34(2,3)49-33(47)45-14-10-29(11-15-45)48-21-20-42-16-18-44(19-17-42)28-6-7-31(40-24-28)41-32(46)25-8-12-43(13-9-25)27-5-4-26(23-39)30(22-27)35(36,37)38/h4-7,22,24-25,29H,8-21H2,1-3H3,(H,40,41,46). The maximum absolute atomic E-state index is 13.4. The summed E-state index contributed by atoms with van der Waals surface area (Å²) in [5.41, 5.74) is -0.463. The molecule has 2 aromatic rings. The number of carbonyl (C=O) groups is 2. The number of hydrogen-bond acceptors (Lipinski definition) is 9. The minimum Gasteiger partial charge on any atom is -0.444 e. The van der Waals surface area contributed by atoms with Crippen molar-refractivity contribution in [2.75, 3.05) is 80.6 Å². The van der Waals surface area contributed by atoms with Crippen LogP contribution in [-0.2, 0) is 20.4 Å². The van der Waals surface area contributed by atoms with Crippen molar-refractivity contribution in [3.05, 3.63) is 47.7 Å². The fourth-order valence-electron chi connectivity index (χ4n) is 6.45. The SMILES string of the molecule is CC(C)(C)OC(=O)N1CCC(OCCN2CCN(c3ccc(NC(=O)C4CCN(c5ccc(C#N)c(C(F)(F)F)c5)CC4)nc3)CC2)CC1. The summed E-state index contributed by atoms with van der Waals surface area (Å²) in [7, 11) is 0. The molecule has 0 unspecified atom stereocenters. The van der Waals surface area contributed by atoms with Crippen molar-refractivity contribution < 1.29 is 32.2 Å². The van der Waals surface area contributed by atoms with Gasteiger partial charge in [0.2, 0.25) is 5.91 Å². The van der Waals surface area contributed by atoms with E-state index in [1.807, 2.05) is 31.7 Å². The highest BCUT2D eigenvalue weighted by molar-refractivity contribution is 5.92. The number of nitrogens with zero attached hydrogens (tertiary/aromatic N) is 6. The van der Waals surface area contributed by atoms with Gasteiger partial charge in [0.1, 0.15) is 11.4 Å².